The average molecular weight is 183 g/mol. The zero-order valence-electron chi connectivity index (χ0n) is 7.83. The number of hydrogen-bond donors (Lipinski definition) is 0. The third kappa shape index (κ3) is 2.78. The van der Waals surface area contributed by atoms with Crippen molar-refractivity contribution in [1.82, 2.24) is 0 Å². The molecule has 1 aromatic carbocycles. The van der Waals surface area contributed by atoms with Gasteiger partial charge in [-0.3, -0.25) is 0 Å². The molecule has 0 aromatic heterocycles. The van der Waals surface area contributed by atoms with E-state index in [1.54, 1.807) is 7.11 Å². The minimum Gasteiger partial charge on any atom is -0.497 e. The zero-order valence-corrected chi connectivity index (χ0v) is 8.65. The number of methoxy groups -OCH3 is 1. The van der Waals surface area contributed by atoms with Gasteiger partial charge < -0.3 is 4.74 Å². The van der Waals surface area contributed by atoms with Gasteiger partial charge in [-0.25, -0.2) is 0 Å². The van der Waals surface area contributed by atoms with E-state index in [1.807, 2.05) is 12.1 Å². The van der Waals surface area contributed by atoms with Crippen molar-refractivity contribution in [2.45, 2.75) is 5.75 Å². The fourth-order valence-corrected chi connectivity index (χ4v) is 1.91. The summed E-state index contributed by atoms with van der Waals surface area (Å²) >= 11 is 0. The highest BCUT2D eigenvalue weighted by atomic mass is 32.2. The molecule has 2 heteroatoms. The second-order valence-corrected chi connectivity index (χ2v) is 5.24. The first-order chi connectivity index (χ1) is 5.72. The Hall–Kier alpha value is -0.630. The van der Waals surface area contributed by atoms with Crippen molar-refractivity contribution in [3.05, 3.63) is 29.8 Å². The minimum absolute atomic E-state index is 0.484. The molecule has 0 N–H and O–H groups in total. The molecule has 0 aliphatic rings. The van der Waals surface area contributed by atoms with E-state index in [2.05, 4.69) is 24.6 Å². The maximum Gasteiger partial charge on any atom is 0.132 e. The molecule has 0 spiro atoms. The smallest absolute Gasteiger partial charge is 0.132 e. The van der Waals surface area contributed by atoms with E-state index in [0.717, 1.165) is 5.75 Å². The van der Waals surface area contributed by atoms with Crippen molar-refractivity contribution in [3.63, 3.8) is 0 Å². The molecule has 0 saturated carbocycles. The Labute approximate surface area is 77.1 Å². The van der Waals surface area contributed by atoms with Gasteiger partial charge in [-0.05, 0) is 23.0 Å². The van der Waals surface area contributed by atoms with Crippen molar-refractivity contribution in [3.8, 4) is 5.75 Å². The first kappa shape index (κ1) is 9.46. The summed E-state index contributed by atoms with van der Waals surface area (Å²) in [6.07, 6.45) is 4.51. The molecule has 0 saturated heterocycles. The number of rotatable bonds is 3. The number of hydrogen-bond acceptors (Lipinski definition) is 1. The van der Waals surface area contributed by atoms with Crippen LogP contribution in [0.4, 0.5) is 0 Å². The van der Waals surface area contributed by atoms with Gasteiger partial charge >= 0.3 is 0 Å². The molecule has 0 atom stereocenters. The van der Waals surface area contributed by atoms with Crippen LogP contribution in [0, 0.1) is 0 Å². The highest BCUT2D eigenvalue weighted by Crippen LogP contribution is 2.12. The fourth-order valence-electron chi connectivity index (χ4n) is 1.06. The number of ether oxygens (including phenoxy) is 1. The van der Waals surface area contributed by atoms with Crippen LogP contribution in [0.2, 0.25) is 0 Å². The lowest BCUT2D eigenvalue weighted by molar-refractivity contribution is 0.414. The molecular formula is C10H15OS+. The standard InChI is InChI=1S/C10H15OS/c1-11-10-6-4-9(5-7-10)8-12(2)3/h4-7H,8H2,1-3H3/q+1. The van der Waals surface area contributed by atoms with Gasteiger partial charge in [0.2, 0.25) is 0 Å². The maximum atomic E-state index is 5.08. The molecule has 0 amide bonds. The average Bonchev–Trinajstić information content (AvgIpc) is 2.05. The summed E-state index contributed by atoms with van der Waals surface area (Å²) in [5.74, 6) is 2.11. The Morgan fingerprint density at radius 1 is 1.17 bits per heavy atom. The van der Waals surface area contributed by atoms with Crippen molar-refractivity contribution in [2.24, 2.45) is 0 Å². The second kappa shape index (κ2) is 4.41. The Kier molecular flexibility index (Phi) is 3.48. The van der Waals surface area contributed by atoms with E-state index in [0.29, 0.717) is 10.9 Å². The van der Waals surface area contributed by atoms with Crippen molar-refractivity contribution in [2.75, 3.05) is 19.6 Å². The van der Waals surface area contributed by atoms with Gasteiger partial charge in [0, 0.05) is 5.56 Å². The third-order valence-corrected chi connectivity index (χ3v) is 2.53. The first-order valence-electron chi connectivity index (χ1n) is 3.89. The molecule has 66 valence electrons. The summed E-state index contributed by atoms with van der Waals surface area (Å²) < 4.78 is 5.08. The Morgan fingerprint density at radius 3 is 2.17 bits per heavy atom. The normalized spacial score (nSPS) is 10.3. The molecule has 0 aliphatic heterocycles. The lowest BCUT2D eigenvalue weighted by atomic mass is 10.2. The van der Waals surface area contributed by atoms with Gasteiger partial charge in [0.05, 0.1) is 19.6 Å². The summed E-state index contributed by atoms with van der Waals surface area (Å²) in [7, 11) is 2.18. The third-order valence-electron chi connectivity index (χ3n) is 1.61. The van der Waals surface area contributed by atoms with Crippen LogP contribution in [0.15, 0.2) is 24.3 Å². The van der Waals surface area contributed by atoms with Crippen LogP contribution in [0.25, 0.3) is 0 Å². The topological polar surface area (TPSA) is 9.23 Å². The summed E-state index contributed by atoms with van der Waals surface area (Å²) in [5, 5.41) is 0. The molecule has 0 heterocycles. The molecule has 0 aliphatic carbocycles. The van der Waals surface area contributed by atoms with E-state index in [1.165, 1.54) is 11.3 Å². The SMILES string of the molecule is COc1ccc(C[S+](C)C)cc1. The lowest BCUT2D eigenvalue weighted by Gasteiger charge is -2.00. The van der Waals surface area contributed by atoms with Gasteiger partial charge in [-0.1, -0.05) is 12.1 Å². The second-order valence-electron chi connectivity index (χ2n) is 2.98. The van der Waals surface area contributed by atoms with Crippen molar-refractivity contribution >= 4 is 10.9 Å². The fraction of sp³-hybridized carbons (Fsp3) is 0.400. The number of benzene rings is 1. The predicted molar refractivity (Wildman–Crippen MR) is 55.9 cm³/mol. The Bertz CT molecular complexity index is 228. The quantitative estimate of drug-likeness (QED) is 0.652. The summed E-state index contributed by atoms with van der Waals surface area (Å²) in [6, 6.07) is 8.29. The van der Waals surface area contributed by atoms with Crippen LogP contribution in [0.1, 0.15) is 5.56 Å². The van der Waals surface area contributed by atoms with Crippen LogP contribution in [-0.4, -0.2) is 19.6 Å². The minimum atomic E-state index is 0.484. The van der Waals surface area contributed by atoms with E-state index >= 15 is 0 Å². The highest BCUT2D eigenvalue weighted by Gasteiger charge is 2.03. The van der Waals surface area contributed by atoms with Gasteiger partial charge in [0.1, 0.15) is 11.5 Å². The summed E-state index contributed by atoms with van der Waals surface area (Å²) in [6.45, 7) is 0. The molecule has 0 radical (unpaired) electrons. The zero-order chi connectivity index (χ0) is 8.97. The van der Waals surface area contributed by atoms with E-state index in [4.69, 9.17) is 4.74 Å². The van der Waals surface area contributed by atoms with Gasteiger partial charge in [-0.2, -0.15) is 0 Å². The molecule has 0 bridgehead atoms. The van der Waals surface area contributed by atoms with E-state index < -0.39 is 0 Å². The van der Waals surface area contributed by atoms with Crippen LogP contribution < -0.4 is 4.74 Å². The summed E-state index contributed by atoms with van der Waals surface area (Å²) in [4.78, 5) is 0. The highest BCUT2D eigenvalue weighted by molar-refractivity contribution is 7.94. The molecule has 12 heavy (non-hydrogen) atoms. The van der Waals surface area contributed by atoms with Crippen LogP contribution in [0.3, 0.4) is 0 Å². The predicted octanol–water partition coefficient (Wildman–Crippen LogP) is 2.07. The van der Waals surface area contributed by atoms with Gasteiger partial charge in [-0.15, -0.1) is 0 Å². The Morgan fingerprint density at radius 2 is 1.75 bits per heavy atom. The van der Waals surface area contributed by atoms with E-state index in [9.17, 15) is 0 Å². The largest absolute Gasteiger partial charge is 0.497 e. The van der Waals surface area contributed by atoms with Crippen LogP contribution in [0.5, 0.6) is 5.75 Å². The van der Waals surface area contributed by atoms with Gasteiger partial charge in [0.25, 0.3) is 0 Å². The van der Waals surface area contributed by atoms with Crippen LogP contribution in [-0.2, 0) is 16.6 Å². The molecule has 0 fully saturated rings. The lowest BCUT2D eigenvalue weighted by Crippen LogP contribution is -1.98. The first-order valence-corrected chi connectivity index (χ1v) is 6.10. The van der Waals surface area contributed by atoms with Gasteiger partial charge in [0.15, 0.2) is 0 Å². The van der Waals surface area contributed by atoms with Crippen molar-refractivity contribution in [1.29, 1.82) is 0 Å². The molecule has 0 unspecified atom stereocenters. The van der Waals surface area contributed by atoms with Crippen molar-refractivity contribution < 1.29 is 4.74 Å². The summed E-state index contributed by atoms with van der Waals surface area (Å²) in [5.41, 5.74) is 1.39. The molecular weight excluding hydrogens is 168 g/mol. The molecule has 1 nitrogen and oxygen atoms in total. The van der Waals surface area contributed by atoms with E-state index in [-0.39, 0.29) is 0 Å². The Balaban J connectivity index is 2.65. The maximum absolute atomic E-state index is 5.08. The molecule has 1 aromatic rings. The van der Waals surface area contributed by atoms with Crippen LogP contribution >= 0.6 is 0 Å². The molecule has 1 rings (SSSR count). The monoisotopic (exact) mass is 183 g/mol.